The number of allylic oxidation sites excluding steroid dienone is 2. The predicted molar refractivity (Wildman–Crippen MR) is 176 cm³/mol. The minimum absolute atomic E-state index is 0.521. The molecule has 44 heavy (non-hydrogen) atoms. The van der Waals surface area contributed by atoms with Gasteiger partial charge in [0.1, 0.15) is 0 Å². The Morgan fingerprint density at radius 3 is 1.59 bits per heavy atom. The number of rotatable bonds is 0. The first-order chi connectivity index (χ1) is 21.9. The molecule has 2 aromatic heterocycles. The average Bonchev–Trinajstić information content (AvgIpc) is 3.77. The Kier molecular flexibility index (Phi) is 3.99. The molecule has 2 unspecified atom stereocenters. The van der Waals surface area contributed by atoms with Gasteiger partial charge in [-0.25, -0.2) is 0 Å². The van der Waals surface area contributed by atoms with Crippen LogP contribution in [0.3, 0.4) is 0 Å². The summed E-state index contributed by atoms with van der Waals surface area (Å²) < 4.78 is 0. The number of fused-ring (bicyclic) bond motifs is 20. The predicted octanol–water partition coefficient (Wildman–Crippen LogP) is 9.20. The Morgan fingerprint density at radius 1 is 0.386 bits per heavy atom. The van der Waals surface area contributed by atoms with Gasteiger partial charge in [0.05, 0.1) is 22.2 Å². The zero-order valence-electron chi connectivity index (χ0n) is 23.8. The molecule has 2 spiro atoms. The molecule has 0 amide bonds. The van der Waals surface area contributed by atoms with Crippen molar-refractivity contribution < 1.29 is 0 Å². The topological polar surface area (TPSA) is 25.8 Å². The highest BCUT2D eigenvalue weighted by molar-refractivity contribution is 6.20. The molecule has 0 saturated carbocycles. The summed E-state index contributed by atoms with van der Waals surface area (Å²) >= 11 is 0. The van der Waals surface area contributed by atoms with Crippen molar-refractivity contribution in [2.24, 2.45) is 0 Å². The maximum Gasteiger partial charge on any atom is 0.0901 e. The fraction of sp³-hybridized carbons (Fsp3) is 0.0476. The van der Waals surface area contributed by atoms with Crippen molar-refractivity contribution in [3.63, 3.8) is 0 Å². The first-order valence-corrected chi connectivity index (χ1v) is 15.3. The van der Waals surface area contributed by atoms with Gasteiger partial charge < -0.3 is 0 Å². The van der Waals surface area contributed by atoms with Crippen molar-refractivity contribution >= 4 is 21.9 Å². The van der Waals surface area contributed by atoms with Crippen LogP contribution in [0.4, 0.5) is 0 Å². The van der Waals surface area contributed by atoms with Crippen LogP contribution in [0.15, 0.2) is 146 Å². The summed E-state index contributed by atoms with van der Waals surface area (Å²) in [6.07, 6.45) is 4.05. The van der Waals surface area contributed by atoms with Gasteiger partial charge in [0.25, 0.3) is 0 Å². The molecule has 0 bridgehead atoms. The van der Waals surface area contributed by atoms with Gasteiger partial charge in [0.15, 0.2) is 0 Å². The van der Waals surface area contributed by atoms with E-state index in [0.717, 1.165) is 11.4 Å². The highest BCUT2D eigenvalue weighted by atomic mass is 14.8. The van der Waals surface area contributed by atoms with E-state index in [1.165, 1.54) is 77.6 Å². The van der Waals surface area contributed by atoms with E-state index in [4.69, 9.17) is 9.97 Å². The summed E-state index contributed by atoms with van der Waals surface area (Å²) in [5, 5.41) is 2.43. The normalized spacial score (nSPS) is 20.8. The Morgan fingerprint density at radius 2 is 0.886 bits per heavy atom. The molecule has 4 aliphatic carbocycles. The molecule has 5 aromatic carbocycles. The van der Waals surface area contributed by atoms with Gasteiger partial charge in [0, 0.05) is 28.9 Å². The quantitative estimate of drug-likeness (QED) is 0.186. The second-order valence-corrected chi connectivity index (χ2v) is 12.4. The first kappa shape index (κ1) is 22.9. The summed E-state index contributed by atoms with van der Waals surface area (Å²) in [5.74, 6) is 0. The van der Waals surface area contributed by atoms with Gasteiger partial charge in [-0.2, -0.15) is 0 Å². The van der Waals surface area contributed by atoms with E-state index in [0.29, 0.717) is 0 Å². The second-order valence-electron chi connectivity index (χ2n) is 12.4. The SMILES string of the molecule is c1ccc2c(c1)C1=C(c3ccccc3C13c1ccccc1-c1c3ncc3ccccc13)C21c2ccccc2-c2cccnc21. The molecule has 0 saturated heterocycles. The van der Waals surface area contributed by atoms with E-state index in [1.807, 2.05) is 6.20 Å². The van der Waals surface area contributed by atoms with E-state index >= 15 is 0 Å². The molecule has 0 fully saturated rings. The van der Waals surface area contributed by atoms with Gasteiger partial charge >= 0.3 is 0 Å². The zero-order chi connectivity index (χ0) is 28.6. The van der Waals surface area contributed by atoms with Crippen LogP contribution in [0, 0.1) is 0 Å². The molecular formula is C42H24N2. The van der Waals surface area contributed by atoms with E-state index in [1.54, 1.807) is 0 Å². The number of nitrogens with zero attached hydrogens (tertiary/aromatic N) is 2. The Labute approximate surface area is 255 Å². The fourth-order valence-corrected chi connectivity index (χ4v) is 9.40. The molecular weight excluding hydrogens is 532 g/mol. The molecule has 2 heterocycles. The van der Waals surface area contributed by atoms with Crippen molar-refractivity contribution in [1.29, 1.82) is 0 Å². The third kappa shape index (κ3) is 2.28. The van der Waals surface area contributed by atoms with Crippen LogP contribution in [-0.2, 0) is 10.8 Å². The van der Waals surface area contributed by atoms with Crippen molar-refractivity contribution in [3.8, 4) is 22.3 Å². The molecule has 0 aliphatic heterocycles. The molecule has 202 valence electrons. The van der Waals surface area contributed by atoms with E-state index in [-0.39, 0.29) is 0 Å². The number of pyridine rings is 2. The molecule has 2 heteroatoms. The largest absolute Gasteiger partial charge is 0.259 e. The van der Waals surface area contributed by atoms with E-state index in [9.17, 15) is 0 Å². The lowest BCUT2D eigenvalue weighted by Gasteiger charge is -2.33. The summed E-state index contributed by atoms with van der Waals surface area (Å²) in [6.45, 7) is 0. The fourth-order valence-electron chi connectivity index (χ4n) is 9.40. The summed E-state index contributed by atoms with van der Waals surface area (Å²) in [6, 6.07) is 49.2. The number of benzene rings is 5. The molecule has 7 aromatic rings. The maximum atomic E-state index is 5.42. The lowest BCUT2D eigenvalue weighted by Crippen LogP contribution is -2.29. The number of hydrogen-bond donors (Lipinski definition) is 0. The summed E-state index contributed by atoms with van der Waals surface area (Å²) in [4.78, 5) is 10.7. The minimum Gasteiger partial charge on any atom is -0.259 e. The van der Waals surface area contributed by atoms with E-state index in [2.05, 4.69) is 140 Å². The molecule has 0 N–H and O–H groups in total. The molecule has 0 radical (unpaired) electrons. The second kappa shape index (κ2) is 7.67. The Balaban J connectivity index is 1.40. The average molecular weight is 557 g/mol. The third-order valence-electron chi connectivity index (χ3n) is 10.7. The van der Waals surface area contributed by atoms with Crippen LogP contribution < -0.4 is 0 Å². The first-order valence-electron chi connectivity index (χ1n) is 15.3. The van der Waals surface area contributed by atoms with Gasteiger partial charge in [-0.15, -0.1) is 0 Å². The van der Waals surface area contributed by atoms with E-state index < -0.39 is 10.8 Å². The lowest BCUT2D eigenvalue weighted by atomic mass is 9.68. The lowest BCUT2D eigenvalue weighted by molar-refractivity contribution is 0.792. The highest BCUT2D eigenvalue weighted by Gasteiger charge is 2.64. The Hall–Kier alpha value is -5.60. The number of hydrogen-bond acceptors (Lipinski definition) is 2. The molecule has 2 nitrogen and oxygen atoms in total. The van der Waals surface area contributed by atoms with Gasteiger partial charge in [0.2, 0.25) is 0 Å². The summed E-state index contributed by atoms with van der Waals surface area (Å²) in [7, 11) is 0. The zero-order valence-corrected chi connectivity index (χ0v) is 23.8. The molecule has 4 aliphatic rings. The molecule has 2 atom stereocenters. The monoisotopic (exact) mass is 556 g/mol. The smallest absolute Gasteiger partial charge is 0.0901 e. The van der Waals surface area contributed by atoms with Crippen LogP contribution in [-0.4, -0.2) is 9.97 Å². The van der Waals surface area contributed by atoms with Gasteiger partial charge in [-0.05, 0) is 67.1 Å². The van der Waals surface area contributed by atoms with Gasteiger partial charge in [-0.1, -0.05) is 127 Å². The van der Waals surface area contributed by atoms with Crippen LogP contribution >= 0.6 is 0 Å². The molecule has 11 rings (SSSR count). The minimum atomic E-state index is -0.548. The summed E-state index contributed by atoms with van der Waals surface area (Å²) in [5.41, 5.74) is 16.8. The van der Waals surface area contributed by atoms with Crippen LogP contribution in [0.5, 0.6) is 0 Å². The standard InChI is InChI=1S/C42H24N2/c1-2-13-26-25(12-1)24-44-40-36(26)29-15-4-8-20-33(29)42(40)35-22-10-6-17-31(35)37-38(42)30-16-5-9-21-34(30)41(37)32-19-7-3-14-27(32)28-18-11-23-43-39(28)41/h1-24H. The van der Waals surface area contributed by atoms with Gasteiger partial charge in [-0.3, -0.25) is 9.97 Å². The maximum absolute atomic E-state index is 5.42. The van der Waals surface area contributed by atoms with Crippen molar-refractivity contribution in [3.05, 3.63) is 191 Å². The number of aromatic nitrogens is 2. The Bertz CT molecular complexity index is 2420. The van der Waals surface area contributed by atoms with Crippen molar-refractivity contribution in [1.82, 2.24) is 9.97 Å². The van der Waals surface area contributed by atoms with Crippen LogP contribution in [0.1, 0.15) is 44.8 Å². The van der Waals surface area contributed by atoms with Crippen molar-refractivity contribution in [2.75, 3.05) is 0 Å². The van der Waals surface area contributed by atoms with Crippen LogP contribution in [0.2, 0.25) is 0 Å². The third-order valence-corrected chi connectivity index (χ3v) is 10.7. The van der Waals surface area contributed by atoms with Crippen LogP contribution in [0.25, 0.3) is 44.2 Å². The highest BCUT2D eigenvalue weighted by Crippen LogP contribution is 2.74. The van der Waals surface area contributed by atoms with Crippen molar-refractivity contribution in [2.45, 2.75) is 10.8 Å².